The first kappa shape index (κ1) is 13.4. The van der Waals surface area contributed by atoms with E-state index in [2.05, 4.69) is 34.6 Å². The lowest BCUT2D eigenvalue weighted by Gasteiger charge is -2.57. The quantitative estimate of drug-likeness (QED) is 0.671. The van der Waals surface area contributed by atoms with Gasteiger partial charge in [0.2, 0.25) is 0 Å². The third kappa shape index (κ3) is 2.41. The first-order valence-electron chi connectivity index (χ1n) is 7.45. The maximum absolute atomic E-state index is 6.05. The van der Waals surface area contributed by atoms with Gasteiger partial charge in [-0.3, -0.25) is 0 Å². The van der Waals surface area contributed by atoms with Crippen molar-refractivity contribution in [2.45, 2.75) is 78.7 Å². The van der Waals surface area contributed by atoms with E-state index in [1.165, 1.54) is 38.5 Å². The van der Waals surface area contributed by atoms with Crippen LogP contribution in [0.2, 0.25) is 0 Å². The molecule has 2 saturated carbocycles. The highest BCUT2D eigenvalue weighted by molar-refractivity contribution is 5.03. The summed E-state index contributed by atoms with van der Waals surface area (Å²) >= 11 is 0. The summed E-state index contributed by atoms with van der Waals surface area (Å²) in [5.41, 5.74) is 1.21. The van der Waals surface area contributed by atoms with Crippen LogP contribution in [-0.4, -0.2) is 12.2 Å². The maximum atomic E-state index is 6.05. The molecule has 0 unspecified atom stereocenters. The van der Waals surface area contributed by atoms with Gasteiger partial charge in [-0.1, -0.05) is 27.2 Å². The van der Waals surface area contributed by atoms with Crippen molar-refractivity contribution < 1.29 is 4.74 Å². The summed E-state index contributed by atoms with van der Waals surface area (Å²) in [6, 6.07) is 0. The molecular formula is C16H30O. The maximum Gasteiger partial charge on any atom is 0.0659 e. The van der Waals surface area contributed by atoms with Gasteiger partial charge in [0.25, 0.3) is 0 Å². The van der Waals surface area contributed by atoms with E-state index in [-0.39, 0.29) is 5.60 Å². The Kier molecular flexibility index (Phi) is 3.36. The standard InChI is InChI=1S/C16H30O/c1-6-17-16(5)11-8-13-14(2,3)9-7-10-15(13,4)12-16/h13H,6-12H2,1-5H3/t13-,15+,16+/m0/s1. The van der Waals surface area contributed by atoms with Crippen molar-refractivity contribution >= 4 is 0 Å². The zero-order chi connectivity index (χ0) is 12.7. The van der Waals surface area contributed by atoms with Crippen LogP contribution in [0.3, 0.4) is 0 Å². The highest BCUT2D eigenvalue weighted by Gasteiger charge is 2.52. The van der Waals surface area contributed by atoms with Crippen molar-refractivity contribution in [1.82, 2.24) is 0 Å². The molecule has 0 aromatic carbocycles. The summed E-state index contributed by atoms with van der Waals surface area (Å²) in [6.07, 6.45) is 8.11. The lowest BCUT2D eigenvalue weighted by Crippen LogP contribution is -2.51. The first-order valence-corrected chi connectivity index (χ1v) is 7.45. The first-order chi connectivity index (χ1) is 7.81. The fourth-order valence-corrected chi connectivity index (χ4v) is 5.05. The molecule has 2 fully saturated rings. The van der Waals surface area contributed by atoms with Crippen molar-refractivity contribution in [1.29, 1.82) is 0 Å². The molecule has 0 aromatic heterocycles. The molecule has 1 nitrogen and oxygen atoms in total. The summed E-state index contributed by atoms with van der Waals surface area (Å²) in [5, 5.41) is 0. The molecule has 0 aromatic rings. The van der Waals surface area contributed by atoms with E-state index in [1.54, 1.807) is 0 Å². The number of fused-ring (bicyclic) bond motifs is 1. The molecule has 1 heteroatoms. The van der Waals surface area contributed by atoms with Crippen LogP contribution >= 0.6 is 0 Å². The smallest absolute Gasteiger partial charge is 0.0659 e. The monoisotopic (exact) mass is 238 g/mol. The zero-order valence-electron chi connectivity index (χ0n) is 12.4. The zero-order valence-corrected chi connectivity index (χ0v) is 12.4. The van der Waals surface area contributed by atoms with Gasteiger partial charge in [0, 0.05) is 6.61 Å². The molecular weight excluding hydrogens is 208 g/mol. The second kappa shape index (κ2) is 4.26. The van der Waals surface area contributed by atoms with Crippen molar-refractivity contribution in [2.24, 2.45) is 16.7 Å². The molecule has 0 radical (unpaired) electrons. The minimum Gasteiger partial charge on any atom is -0.376 e. The van der Waals surface area contributed by atoms with Gasteiger partial charge in [0.05, 0.1) is 5.60 Å². The van der Waals surface area contributed by atoms with E-state index < -0.39 is 0 Å². The molecule has 0 spiro atoms. The van der Waals surface area contributed by atoms with Crippen molar-refractivity contribution in [2.75, 3.05) is 6.61 Å². The van der Waals surface area contributed by atoms with Crippen molar-refractivity contribution in [3.8, 4) is 0 Å². The molecule has 0 amide bonds. The Morgan fingerprint density at radius 3 is 2.41 bits per heavy atom. The van der Waals surface area contributed by atoms with Crippen LogP contribution in [0.1, 0.15) is 73.1 Å². The average molecular weight is 238 g/mol. The highest BCUT2D eigenvalue weighted by atomic mass is 16.5. The minimum absolute atomic E-state index is 0.146. The number of rotatable bonds is 2. The molecule has 0 N–H and O–H groups in total. The number of hydrogen-bond donors (Lipinski definition) is 0. The van der Waals surface area contributed by atoms with E-state index in [4.69, 9.17) is 4.74 Å². The molecule has 2 aliphatic carbocycles. The molecule has 0 aliphatic heterocycles. The SMILES string of the molecule is CCO[C@]1(C)CC[C@H]2C(C)(C)CCC[C@]2(C)C1. The predicted molar refractivity (Wildman–Crippen MR) is 73.1 cm³/mol. The fraction of sp³-hybridized carbons (Fsp3) is 1.00. The Bertz CT molecular complexity index is 283. The third-order valence-corrected chi connectivity index (χ3v) is 5.59. The Balaban J connectivity index is 2.18. The van der Waals surface area contributed by atoms with Gasteiger partial charge in [-0.2, -0.15) is 0 Å². The Morgan fingerprint density at radius 1 is 1.06 bits per heavy atom. The summed E-state index contributed by atoms with van der Waals surface area (Å²) in [4.78, 5) is 0. The van der Waals surface area contributed by atoms with Gasteiger partial charge in [-0.25, -0.2) is 0 Å². The van der Waals surface area contributed by atoms with E-state index >= 15 is 0 Å². The molecule has 0 heterocycles. The Hall–Kier alpha value is -0.0400. The molecule has 0 bridgehead atoms. The highest BCUT2D eigenvalue weighted by Crippen LogP contribution is 2.59. The number of ether oxygens (including phenoxy) is 1. The number of hydrogen-bond acceptors (Lipinski definition) is 1. The normalized spacial score (nSPS) is 45.4. The predicted octanol–water partition coefficient (Wildman–Crippen LogP) is 4.80. The van der Waals surface area contributed by atoms with Crippen LogP contribution in [-0.2, 0) is 4.74 Å². The van der Waals surface area contributed by atoms with Gasteiger partial charge in [-0.15, -0.1) is 0 Å². The van der Waals surface area contributed by atoms with Gasteiger partial charge in [-0.05, 0) is 62.7 Å². The second-order valence-corrected chi connectivity index (χ2v) is 7.65. The van der Waals surface area contributed by atoms with E-state index in [1.807, 2.05) is 0 Å². The van der Waals surface area contributed by atoms with Gasteiger partial charge >= 0.3 is 0 Å². The minimum atomic E-state index is 0.146. The van der Waals surface area contributed by atoms with Crippen LogP contribution in [0.5, 0.6) is 0 Å². The van der Waals surface area contributed by atoms with E-state index in [9.17, 15) is 0 Å². The summed E-state index contributed by atoms with van der Waals surface area (Å²) in [7, 11) is 0. The Morgan fingerprint density at radius 2 is 1.76 bits per heavy atom. The van der Waals surface area contributed by atoms with Gasteiger partial charge < -0.3 is 4.74 Å². The molecule has 2 aliphatic rings. The van der Waals surface area contributed by atoms with E-state index in [0.29, 0.717) is 10.8 Å². The third-order valence-electron chi connectivity index (χ3n) is 5.59. The molecule has 3 atom stereocenters. The molecule has 0 saturated heterocycles. The lowest BCUT2D eigenvalue weighted by atomic mass is 9.49. The van der Waals surface area contributed by atoms with Crippen molar-refractivity contribution in [3.05, 3.63) is 0 Å². The second-order valence-electron chi connectivity index (χ2n) is 7.65. The topological polar surface area (TPSA) is 9.23 Å². The van der Waals surface area contributed by atoms with Gasteiger partial charge in [0.1, 0.15) is 0 Å². The fourth-order valence-electron chi connectivity index (χ4n) is 5.05. The van der Waals surface area contributed by atoms with Crippen LogP contribution in [0.25, 0.3) is 0 Å². The van der Waals surface area contributed by atoms with Crippen LogP contribution in [0.15, 0.2) is 0 Å². The van der Waals surface area contributed by atoms with Crippen LogP contribution < -0.4 is 0 Å². The molecule has 2 rings (SSSR count). The van der Waals surface area contributed by atoms with Crippen LogP contribution in [0, 0.1) is 16.7 Å². The largest absolute Gasteiger partial charge is 0.376 e. The van der Waals surface area contributed by atoms with Gasteiger partial charge in [0.15, 0.2) is 0 Å². The summed E-state index contributed by atoms with van der Waals surface area (Å²) in [5.74, 6) is 0.900. The average Bonchev–Trinajstić information content (AvgIpc) is 2.14. The van der Waals surface area contributed by atoms with Crippen molar-refractivity contribution in [3.63, 3.8) is 0 Å². The van der Waals surface area contributed by atoms with Crippen LogP contribution in [0.4, 0.5) is 0 Å². The van der Waals surface area contributed by atoms with E-state index in [0.717, 1.165) is 12.5 Å². The molecule has 17 heavy (non-hydrogen) atoms. The molecule has 100 valence electrons. The summed E-state index contributed by atoms with van der Waals surface area (Å²) < 4.78 is 6.05. The lowest BCUT2D eigenvalue weighted by molar-refractivity contribution is -0.140. The summed E-state index contributed by atoms with van der Waals surface area (Å²) in [6.45, 7) is 12.8. The Labute approximate surface area is 107 Å².